The highest BCUT2D eigenvalue weighted by atomic mass is 32.2. The van der Waals surface area contributed by atoms with Crippen molar-refractivity contribution in [3.05, 3.63) is 59.7 Å². The van der Waals surface area contributed by atoms with Gasteiger partial charge < -0.3 is 10.2 Å². The molecule has 0 atom stereocenters. The number of carbonyl (C=O) groups is 1. The molecule has 1 aliphatic heterocycles. The van der Waals surface area contributed by atoms with Crippen molar-refractivity contribution in [1.29, 1.82) is 0 Å². The third-order valence-electron chi connectivity index (χ3n) is 4.89. The van der Waals surface area contributed by atoms with Gasteiger partial charge in [0, 0.05) is 49.1 Å². The van der Waals surface area contributed by atoms with E-state index in [-0.39, 0.29) is 5.91 Å². The van der Waals surface area contributed by atoms with Crippen LogP contribution in [0.25, 0.3) is 0 Å². The highest BCUT2D eigenvalue weighted by molar-refractivity contribution is 7.99. The number of anilines is 2. The SMILES string of the molecule is CCN(CC(=O)Nc1cccc(CN2CCSCC2)c1)c1ccccc1C. The molecule has 2 aromatic carbocycles. The Morgan fingerprint density at radius 2 is 1.93 bits per heavy atom. The largest absolute Gasteiger partial charge is 0.362 e. The van der Waals surface area contributed by atoms with Gasteiger partial charge in [-0.15, -0.1) is 0 Å². The zero-order chi connectivity index (χ0) is 19.1. The quantitative estimate of drug-likeness (QED) is 0.784. The average Bonchev–Trinajstić information content (AvgIpc) is 2.68. The van der Waals surface area contributed by atoms with E-state index in [9.17, 15) is 4.79 Å². The number of amides is 1. The summed E-state index contributed by atoms with van der Waals surface area (Å²) in [5, 5.41) is 3.07. The van der Waals surface area contributed by atoms with Crippen molar-refractivity contribution in [3.63, 3.8) is 0 Å². The summed E-state index contributed by atoms with van der Waals surface area (Å²) in [6, 6.07) is 16.4. The molecule has 5 heteroatoms. The van der Waals surface area contributed by atoms with E-state index in [4.69, 9.17) is 0 Å². The molecule has 4 nitrogen and oxygen atoms in total. The van der Waals surface area contributed by atoms with E-state index < -0.39 is 0 Å². The Labute approximate surface area is 166 Å². The second kappa shape index (κ2) is 9.81. The molecule has 0 radical (unpaired) electrons. The molecular weight excluding hydrogens is 354 g/mol. The number of carbonyl (C=O) groups excluding carboxylic acids is 1. The second-order valence-corrected chi connectivity index (χ2v) is 8.16. The van der Waals surface area contributed by atoms with Crippen LogP contribution in [-0.2, 0) is 11.3 Å². The Hall–Kier alpha value is -1.98. The zero-order valence-corrected chi connectivity index (χ0v) is 17.1. The molecule has 1 saturated heterocycles. The summed E-state index contributed by atoms with van der Waals surface area (Å²) < 4.78 is 0. The molecule has 0 bridgehead atoms. The Morgan fingerprint density at radius 3 is 2.67 bits per heavy atom. The lowest BCUT2D eigenvalue weighted by Gasteiger charge is -2.26. The number of hydrogen-bond acceptors (Lipinski definition) is 4. The predicted molar refractivity (Wildman–Crippen MR) is 117 cm³/mol. The number of thioether (sulfide) groups is 1. The molecule has 1 aliphatic rings. The lowest BCUT2D eigenvalue weighted by Crippen LogP contribution is -2.33. The number of para-hydroxylation sites is 1. The van der Waals surface area contributed by atoms with E-state index in [0.29, 0.717) is 6.54 Å². The van der Waals surface area contributed by atoms with Crippen molar-refractivity contribution in [2.45, 2.75) is 20.4 Å². The molecule has 144 valence electrons. The van der Waals surface area contributed by atoms with Crippen LogP contribution in [0.1, 0.15) is 18.1 Å². The van der Waals surface area contributed by atoms with Crippen LogP contribution in [0.15, 0.2) is 48.5 Å². The maximum Gasteiger partial charge on any atom is 0.243 e. The fourth-order valence-corrected chi connectivity index (χ4v) is 4.40. The molecule has 0 aromatic heterocycles. The molecule has 1 heterocycles. The van der Waals surface area contributed by atoms with Crippen LogP contribution in [0.4, 0.5) is 11.4 Å². The van der Waals surface area contributed by atoms with Gasteiger partial charge in [0.2, 0.25) is 5.91 Å². The fourth-order valence-electron chi connectivity index (χ4n) is 3.42. The minimum absolute atomic E-state index is 0.0200. The van der Waals surface area contributed by atoms with Crippen molar-refractivity contribution in [3.8, 4) is 0 Å². The van der Waals surface area contributed by atoms with Crippen molar-refractivity contribution < 1.29 is 4.79 Å². The highest BCUT2D eigenvalue weighted by Crippen LogP contribution is 2.20. The van der Waals surface area contributed by atoms with Crippen LogP contribution in [0.3, 0.4) is 0 Å². The number of rotatable bonds is 7. The van der Waals surface area contributed by atoms with E-state index in [0.717, 1.165) is 37.6 Å². The van der Waals surface area contributed by atoms with E-state index >= 15 is 0 Å². The maximum atomic E-state index is 12.6. The normalized spacial score (nSPS) is 14.7. The smallest absolute Gasteiger partial charge is 0.243 e. The van der Waals surface area contributed by atoms with Gasteiger partial charge in [0.05, 0.1) is 6.54 Å². The molecule has 1 N–H and O–H groups in total. The Bertz CT molecular complexity index is 759. The van der Waals surface area contributed by atoms with Crippen LogP contribution in [-0.4, -0.2) is 48.5 Å². The van der Waals surface area contributed by atoms with Gasteiger partial charge in [0.1, 0.15) is 0 Å². The van der Waals surface area contributed by atoms with Crippen molar-refractivity contribution in [2.24, 2.45) is 0 Å². The van der Waals surface area contributed by atoms with Crippen molar-refractivity contribution >= 4 is 29.0 Å². The van der Waals surface area contributed by atoms with Gasteiger partial charge in [0.15, 0.2) is 0 Å². The molecule has 2 aromatic rings. The molecule has 0 saturated carbocycles. The van der Waals surface area contributed by atoms with Gasteiger partial charge >= 0.3 is 0 Å². The van der Waals surface area contributed by atoms with Crippen molar-refractivity contribution in [2.75, 3.05) is 47.9 Å². The first kappa shape index (κ1) is 19.8. The summed E-state index contributed by atoms with van der Waals surface area (Å²) in [6.07, 6.45) is 0. The van der Waals surface area contributed by atoms with Gasteiger partial charge in [0.25, 0.3) is 0 Å². The van der Waals surface area contributed by atoms with Gasteiger partial charge in [-0.05, 0) is 43.2 Å². The standard InChI is InChI=1S/C22H29N3OS/c1-3-25(21-10-5-4-7-18(21)2)17-22(26)23-20-9-6-8-19(15-20)16-24-11-13-27-14-12-24/h4-10,15H,3,11-14,16-17H2,1-2H3,(H,23,26). The van der Waals surface area contributed by atoms with Crippen LogP contribution in [0.2, 0.25) is 0 Å². The van der Waals surface area contributed by atoms with Gasteiger partial charge in [-0.2, -0.15) is 11.8 Å². The maximum absolute atomic E-state index is 12.6. The lowest BCUT2D eigenvalue weighted by atomic mass is 10.1. The summed E-state index contributed by atoms with van der Waals surface area (Å²) in [4.78, 5) is 17.2. The Balaban J connectivity index is 1.60. The molecule has 0 unspecified atom stereocenters. The number of likely N-dealkylation sites (N-methyl/N-ethyl adjacent to an activating group) is 1. The van der Waals surface area contributed by atoms with Gasteiger partial charge in [-0.3, -0.25) is 9.69 Å². The monoisotopic (exact) mass is 383 g/mol. The number of aryl methyl sites for hydroxylation is 1. The second-order valence-electron chi connectivity index (χ2n) is 6.94. The average molecular weight is 384 g/mol. The van der Waals surface area contributed by atoms with Crippen LogP contribution in [0, 0.1) is 6.92 Å². The summed E-state index contributed by atoms with van der Waals surface area (Å²) in [7, 11) is 0. The number of benzene rings is 2. The first-order chi connectivity index (χ1) is 13.2. The van der Waals surface area contributed by atoms with E-state index in [1.54, 1.807) is 0 Å². The molecule has 0 aliphatic carbocycles. The van der Waals surface area contributed by atoms with Crippen LogP contribution in [0.5, 0.6) is 0 Å². The van der Waals surface area contributed by atoms with Gasteiger partial charge in [-0.1, -0.05) is 30.3 Å². The predicted octanol–water partition coefficient (Wildman–Crippen LogP) is 4.01. The van der Waals surface area contributed by atoms with E-state index in [1.165, 1.54) is 22.6 Å². The first-order valence-corrected chi connectivity index (χ1v) is 10.8. The molecule has 1 amide bonds. The number of nitrogens with one attached hydrogen (secondary N) is 1. The van der Waals surface area contributed by atoms with Crippen molar-refractivity contribution in [1.82, 2.24) is 4.90 Å². The highest BCUT2D eigenvalue weighted by Gasteiger charge is 2.13. The van der Waals surface area contributed by atoms with E-state index in [2.05, 4.69) is 53.2 Å². The molecule has 1 fully saturated rings. The summed E-state index contributed by atoms with van der Waals surface area (Å²) in [6.45, 7) is 8.55. The summed E-state index contributed by atoms with van der Waals surface area (Å²) >= 11 is 2.02. The Morgan fingerprint density at radius 1 is 1.15 bits per heavy atom. The molecule has 27 heavy (non-hydrogen) atoms. The van der Waals surface area contributed by atoms with E-state index in [1.807, 2.05) is 36.0 Å². The molecular formula is C22H29N3OS. The minimum atomic E-state index is 0.0200. The summed E-state index contributed by atoms with van der Waals surface area (Å²) in [5.41, 5.74) is 4.44. The third kappa shape index (κ3) is 5.75. The topological polar surface area (TPSA) is 35.6 Å². The van der Waals surface area contributed by atoms with Gasteiger partial charge in [-0.25, -0.2) is 0 Å². The summed E-state index contributed by atoms with van der Waals surface area (Å²) in [5.74, 6) is 2.44. The third-order valence-corrected chi connectivity index (χ3v) is 5.84. The molecule has 0 spiro atoms. The van der Waals surface area contributed by atoms with Crippen LogP contribution < -0.4 is 10.2 Å². The zero-order valence-electron chi connectivity index (χ0n) is 16.3. The number of hydrogen-bond donors (Lipinski definition) is 1. The lowest BCUT2D eigenvalue weighted by molar-refractivity contribution is -0.115. The van der Waals surface area contributed by atoms with Crippen LogP contribution >= 0.6 is 11.8 Å². The Kier molecular flexibility index (Phi) is 7.18. The number of nitrogens with zero attached hydrogens (tertiary/aromatic N) is 2. The minimum Gasteiger partial charge on any atom is -0.362 e. The first-order valence-electron chi connectivity index (χ1n) is 9.65. The molecule has 3 rings (SSSR count). The fraction of sp³-hybridized carbons (Fsp3) is 0.409.